The molecular formula is C26H35N3O2SSi. The summed E-state index contributed by atoms with van der Waals surface area (Å²) in [5.41, 5.74) is 5.02. The third kappa shape index (κ3) is 6.85. The number of nitrogens with zero attached hydrogens (tertiary/aromatic N) is 3. The van der Waals surface area contributed by atoms with Crippen LogP contribution in [0.4, 0.5) is 17.1 Å². The molecule has 0 spiro atoms. The molecule has 2 aromatic carbocycles. The first-order valence-electron chi connectivity index (χ1n) is 10.8. The fourth-order valence-electron chi connectivity index (χ4n) is 4.00. The number of rotatable bonds is 11. The molecule has 0 aliphatic rings. The Morgan fingerprint density at radius 1 is 0.758 bits per heavy atom. The van der Waals surface area contributed by atoms with E-state index < -0.39 is 16.5 Å². The van der Waals surface area contributed by atoms with Crippen LogP contribution in [0.3, 0.4) is 0 Å². The van der Waals surface area contributed by atoms with Gasteiger partial charge in [-0.05, 0) is 87.4 Å². The smallest absolute Gasteiger partial charge is 0.213 e. The number of allylic oxidation sites excluding steroid dienone is 3. The van der Waals surface area contributed by atoms with Crippen molar-refractivity contribution < 1.29 is 8.42 Å². The molecule has 0 saturated carbocycles. The van der Waals surface area contributed by atoms with Gasteiger partial charge in [0.05, 0.1) is 16.3 Å². The fraction of sp³-hybridized carbons (Fsp3) is 0.308. The molecule has 2 aromatic rings. The molecule has 0 atom stereocenters. The summed E-state index contributed by atoms with van der Waals surface area (Å²) in [6.07, 6.45) is 0. The Labute approximate surface area is 199 Å². The van der Waals surface area contributed by atoms with Gasteiger partial charge in [0, 0.05) is 19.8 Å². The maximum Gasteiger partial charge on any atom is 0.213 e. The zero-order chi connectivity index (χ0) is 24.8. The molecule has 0 aliphatic heterocycles. The number of anilines is 1. The van der Waals surface area contributed by atoms with E-state index in [1.807, 2.05) is 64.0 Å². The van der Waals surface area contributed by atoms with Crippen LogP contribution in [0, 0.1) is 0 Å². The minimum absolute atomic E-state index is 0.312. The summed E-state index contributed by atoms with van der Waals surface area (Å²) >= 11 is 0. The molecule has 0 aliphatic carbocycles. The number of hydrogen-bond donors (Lipinski definition) is 0. The van der Waals surface area contributed by atoms with E-state index >= 15 is 0 Å². The number of hydrogen-bond acceptors (Lipinski definition) is 5. The molecule has 0 aromatic heterocycles. The lowest BCUT2D eigenvalue weighted by molar-refractivity contribution is 0.606. The maximum absolute atomic E-state index is 13.9. The summed E-state index contributed by atoms with van der Waals surface area (Å²) in [6, 6.07) is 15.9. The Hall–Kier alpha value is -2.77. The van der Waals surface area contributed by atoms with Gasteiger partial charge >= 0.3 is 0 Å². The molecule has 2 rings (SSSR count). The normalized spacial score (nSPS) is 12.0. The summed E-state index contributed by atoms with van der Waals surface area (Å²) in [5.74, 6) is 0. The van der Waals surface area contributed by atoms with Crippen LogP contribution in [0.15, 0.2) is 100 Å². The molecule has 0 amide bonds. The van der Waals surface area contributed by atoms with E-state index in [2.05, 4.69) is 30.0 Å². The predicted octanol–water partition coefficient (Wildman–Crippen LogP) is 7.62. The summed E-state index contributed by atoms with van der Waals surface area (Å²) < 4.78 is 27.8. The van der Waals surface area contributed by atoms with Gasteiger partial charge in [0.1, 0.15) is 9.29 Å². The number of benzene rings is 2. The number of azo groups is 1. The second kappa shape index (κ2) is 10.9. The van der Waals surface area contributed by atoms with Crippen LogP contribution in [0.2, 0.25) is 18.1 Å². The van der Waals surface area contributed by atoms with Gasteiger partial charge in [-0.15, -0.1) is 19.7 Å². The van der Waals surface area contributed by atoms with Crippen LogP contribution < -0.4 is 4.90 Å². The van der Waals surface area contributed by atoms with Crippen molar-refractivity contribution in [3.63, 3.8) is 0 Å². The quantitative estimate of drug-likeness (QED) is 0.188. The van der Waals surface area contributed by atoms with Crippen LogP contribution in [0.25, 0.3) is 0 Å². The van der Waals surface area contributed by atoms with Gasteiger partial charge in [0.2, 0.25) is 7.22 Å². The molecule has 33 heavy (non-hydrogen) atoms. The first-order valence-corrected chi connectivity index (χ1v) is 15.7. The van der Waals surface area contributed by atoms with Gasteiger partial charge < -0.3 is 4.90 Å². The van der Waals surface area contributed by atoms with Crippen molar-refractivity contribution in [3.05, 3.63) is 85.0 Å². The van der Waals surface area contributed by atoms with Crippen molar-refractivity contribution >= 4 is 33.6 Å². The van der Waals surface area contributed by atoms with Crippen LogP contribution >= 0.6 is 0 Å². The molecule has 5 nitrogen and oxygen atoms in total. The molecule has 0 fully saturated rings. The lowest BCUT2D eigenvalue weighted by Gasteiger charge is -2.32. The van der Waals surface area contributed by atoms with Crippen LogP contribution in [0.5, 0.6) is 0 Å². The van der Waals surface area contributed by atoms with Gasteiger partial charge in [-0.2, -0.15) is 10.2 Å². The second-order valence-corrected chi connectivity index (χ2v) is 18.3. The van der Waals surface area contributed by atoms with E-state index in [0.29, 0.717) is 28.7 Å². The summed E-state index contributed by atoms with van der Waals surface area (Å²) in [6.45, 7) is 17.7. The van der Waals surface area contributed by atoms with E-state index in [4.69, 9.17) is 0 Å². The minimum Gasteiger partial charge on any atom is -0.378 e. The Kier molecular flexibility index (Phi) is 8.74. The Morgan fingerprint density at radius 3 is 1.45 bits per heavy atom. The van der Waals surface area contributed by atoms with Crippen molar-refractivity contribution in [2.45, 2.75) is 43.8 Å². The molecule has 176 valence electrons. The highest BCUT2D eigenvalue weighted by molar-refractivity contribution is 8.22. The van der Waals surface area contributed by atoms with Crippen LogP contribution in [0.1, 0.15) is 20.8 Å². The highest BCUT2D eigenvalue weighted by atomic mass is 32.4. The summed E-state index contributed by atoms with van der Waals surface area (Å²) in [7, 11) is -2.55. The van der Waals surface area contributed by atoms with E-state index in [9.17, 15) is 8.42 Å². The molecule has 0 N–H and O–H groups in total. The largest absolute Gasteiger partial charge is 0.378 e. The average molecular weight is 482 g/mol. The van der Waals surface area contributed by atoms with E-state index in [1.54, 1.807) is 24.3 Å². The van der Waals surface area contributed by atoms with Gasteiger partial charge in [0.25, 0.3) is 0 Å². The summed E-state index contributed by atoms with van der Waals surface area (Å²) in [4.78, 5) is 2.33. The van der Waals surface area contributed by atoms with Crippen LogP contribution in [-0.2, 0) is 9.29 Å². The third-order valence-electron chi connectivity index (χ3n) is 5.24. The molecule has 0 bridgehead atoms. The fourth-order valence-corrected chi connectivity index (χ4v) is 15.1. The van der Waals surface area contributed by atoms with Gasteiger partial charge in [-0.25, -0.2) is 8.42 Å². The van der Waals surface area contributed by atoms with Crippen LogP contribution in [-0.4, -0.2) is 29.7 Å². The Balaban J connectivity index is 2.37. The first kappa shape index (κ1) is 26.5. The van der Waals surface area contributed by atoms with Crippen molar-refractivity contribution in [2.75, 3.05) is 19.0 Å². The van der Waals surface area contributed by atoms with Gasteiger partial charge in [-0.3, -0.25) is 0 Å². The van der Waals surface area contributed by atoms with Gasteiger partial charge in [0.15, 0.2) is 0 Å². The molecule has 0 radical (unpaired) electrons. The molecular weight excluding hydrogens is 446 g/mol. The topological polar surface area (TPSA) is 62.1 Å². The van der Waals surface area contributed by atoms with Crippen molar-refractivity contribution in [1.29, 1.82) is 0 Å². The van der Waals surface area contributed by atoms with E-state index in [1.165, 1.54) is 0 Å². The first-order chi connectivity index (χ1) is 15.4. The highest BCUT2D eigenvalue weighted by Gasteiger charge is 2.47. The zero-order valence-electron chi connectivity index (χ0n) is 20.4. The highest BCUT2D eigenvalue weighted by Crippen LogP contribution is 2.39. The zero-order valence-corrected chi connectivity index (χ0v) is 22.2. The standard InChI is InChI=1S/C26H35N3O2SSi/c1-20(2)17-33(18-21(3)4,19-22(5)6)32(30,31)26-15-11-24(12-16-26)28-27-23-9-13-25(14-10-23)29(7)8/h9-16H,1,3,5,17-19H2,2,4,6-8H3. The second-order valence-electron chi connectivity index (χ2n) is 9.19. The van der Waals surface area contributed by atoms with E-state index in [0.717, 1.165) is 28.1 Å². The lowest BCUT2D eigenvalue weighted by Crippen LogP contribution is -2.44. The molecule has 0 heterocycles. The van der Waals surface area contributed by atoms with Gasteiger partial charge in [-0.1, -0.05) is 16.7 Å². The van der Waals surface area contributed by atoms with Crippen molar-refractivity contribution in [2.24, 2.45) is 10.2 Å². The van der Waals surface area contributed by atoms with Crippen molar-refractivity contribution in [1.82, 2.24) is 0 Å². The van der Waals surface area contributed by atoms with E-state index in [-0.39, 0.29) is 0 Å². The van der Waals surface area contributed by atoms with Crippen molar-refractivity contribution in [3.8, 4) is 0 Å². The minimum atomic E-state index is -3.57. The predicted molar refractivity (Wildman–Crippen MR) is 143 cm³/mol. The molecule has 0 unspecified atom stereocenters. The third-order valence-corrected chi connectivity index (χ3v) is 16.4. The Morgan fingerprint density at radius 2 is 1.12 bits per heavy atom. The average Bonchev–Trinajstić information content (AvgIpc) is 2.71. The monoisotopic (exact) mass is 481 g/mol. The molecule has 7 heteroatoms. The molecule has 0 saturated heterocycles. The maximum atomic E-state index is 13.9. The Bertz CT molecular complexity index is 1110. The summed E-state index contributed by atoms with van der Waals surface area (Å²) in [5, 5.41) is 8.53. The SMILES string of the molecule is C=C(C)C[Si](CC(=C)C)(CC(=C)C)S(=O)(=O)c1ccc(N=Nc2ccc(N(C)C)cc2)cc1. The lowest BCUT2D eigenvalue weighted by atomic mass is 10.3.